The maximum atomic E-state index is 13.1. The van der Waals surface area contributed by atoms with Gasteiger partial charge < -0.3 is 31.8 Å². The molecule has 192 valence electrons. The molecule has 3 amide bonds. The molecule has 0 aliphatic rings. The zero-order chi connectivity index (χ0) is 25.8. The predicted molar refractivity (Wildman–Crippen MR) is 140 cm³/mol. The molecule has 0 unspecified atom stereocenters. The molecule has 0 radical (unpaired) electrons. The summed E-state index contributed by atoms with van der Waals surface area (Å²) in [6.45, 7) is -0.349. The van der Waals surface area contributed by atoms with E-state index in [4.69, 9.17) is 5.73 Å². The zero-order valence-electron chi connectivity index (χ0n) is 19.8. The Balaban J connectivity index is 2.11. The number of para-hydroxylation sites is 1. The fraction of sp³-hybridized carbons (Fsp3) is 0.478. The van der Waals surface area contributed by atoms with Gasteiger partial charge in [0, 0.05) is 23.5 Å². The number of aliphatic carboxylic acids is 1. The Morgan fingerprint density at radius 1 is 1.00 bits per heavy atom. The molecule has 0 fully saturated rings. The average Bonchev–Trinajstić information content (AvgIpc) is 3.25. The number of carboxylic acids is 1. The molecule has 1 aromatic heterocycles. The van der Waals surface area contributed by atoms with E-state index in [1.54, 1.807) is 18.0 Å². The molecule has 1 heterocycles. The molecule has 0 saturated carbocycles. The summed E-state index contributed by atoms with van der Waals surface area (Å²) in [6.07, 6.45) is 6.38. The first-order chi connectivity index (χ1) is 16.8. The monoisotopic (exact) mass is 523 g/mol. The van der Waals surface area contributed by atoms with E-state index in [9.17, 15) is 24.3 Å². The van der Waals surface area contributed by atoms with Crippen molar-refractivity contribution in [3.8, 4) is 0 Å². The SMILES string of the molecule is CSCC[C@H](NC(=O)[C@H](Cc1c[nH]c2ccccc12)NC(=O)CNC(=O)[C@@H](N)CCSC)C(=O)O. The second-order valence-electron chi connectivity index (χ2n) is 7.97. The topological polar surface area (TPSA) is 166 Å². The van der Waals surface area contributed by atoms with E-state index in [0.29, 0.717) is 12.2 Å². The van der Waals surface area contributed by atoms with Crippen molar-refractivity contribution in [2.24, 2.45) is 5.73 Å². The fourth-order valence-electron chi connectivity index (χ4n) is 3.41. The van der Waals surface area contributed by atoms with Crippen LogP contribution in [0.1, 0.15) is 18.4 Å². The van der Waals surface area contributed by atoms with E-state index in [2.05, 4.69) is 20.9 Å². The van der Waals surface area contributed by atoms with Crippen molar-refractivity contribution in [2.75, 3.05) is 30.6 Å². The molecule has 10 nitrogen and oxygen atoms in total. The first kappa shape index (κ1) is 28.5. The van der Waals surface area contributed by atoms with Crippen molar-refractivity contribution in [1.29, 1.82) is 0 Å². The van der Waals surface area contributed by atoms with Crippen LogP contribution in [-0.2, 0) is 25.6 Å². The number of aromatic amines is 1. The van der Waals surface area contributed by atoms with E-state index in [-0.39, 0.29) is 19.4 Å². The number of thioether (sulfide) groups is 2. The summed E-state index contributed by atoms with van der Waals surface area (Å²) in [6, 6.07) is 4.69. The number of benzene rings is 1. The van der Waals surface area contributed by atoms with Crippen LogP contribution in [0.5, 0.6) is 0 Å². The van der Waals surface area contributed by atoms with Crippen molar-refractivity contribution >= 4 is 58.1 Å². The third-order valence-corrected chi connectivity index (χ3v) is 6.66. The number of hydrogen-bond acceptors (Lipinski definition) is 7. The Labute approximate surface area is 212 Å². The van der Waals surface area contributed by atoms with Gasteiger partial charge in [0.1, 0.15) is 12.1 Å². The molecular formula is C23H33N5O5S2. The minimum Gasteiger partial charge on any atom is -0.480 e. The standard InChI is InChI=1S/C23H33N5O5S2/c1-34-9-7-16(24)21(30)26-13-20(29)27-19(22(31)28-18(23(32)33)8-10-35-2)11-14-12-25-17-6-4-3-5-15(14)17/h3-6,12,16,18-19,25H,7-11,13,24H2,1-2H3,(H,26,30)(H,27,29)(H,28,31)(H,32,33)/t16-,18-,19-/m0/s1. The van der Waals surface area contributed by atoms with Crippen LogP contribution in [0.15, 0.2) is 30.5 Å². The Kier molecular flexibility index (Phi) is 11.9. The first-order valence-corrected chi connectivity index (χ1v) is 13.9. The molecule has 35 heavy (non-hydrogen) atoms. The number of nitrogens with one attached hydrogen (secondary N) is 4. The molecule has 3 atom stereocenters. The lowest BCUT2D eigenvalue weighted by atomic mass is 10.0. The van der Waals surface area contributed by atoms with Crippen molar-refractivity contribution in [2.45, 2.75) is 37.4 Å². The number of nitrogens with two attached hydrogens (primary N) is 1. The van der Waals surface area contributed by atoms with Crippen LogP contribution in [0.3, 0.4) is 0 Å². The van der Waals surface area contributed by atoms with Gasteiger partial charge in [-0.05, 0) is 48.5 Å². The van der Waals surface area contributed by atoms with Crippen LogP contribution in [0, 0.1) is 0 Å². The smallest absolute Gasteiger partial charge is 0.326 e. The largest absolute Gasteiger partial charge is 0.480 e. The number of carboxylic acid groups (broad SMARTS) is 1. The third-order valence-electron chi connectivity index (χ3n) is 5.37. The summed E-state index contributed by atoms with van der Waals surface area (Å²) in [5.41, 5.74) is 7.49. The highest BCUT2D eigenvalue weighted by atomic mass is 32.2. The van der Waals surface area contributed by atoms with E-state index in [1.807, 2.05) is 36.8 Å². The molecule has 0 bridgehead atoms. The minimum atomic E-state index is -1.14. The molecule has 1 aromatic carbocycles. The summed E-state index contributed by atoms with van der Waals surface area (Å²) in [4.78, 5) is 52.5. The van der Waals surface area contributed by atoms with Crippen LogP contribution in [-0.4, -0.2) is 82.5 Å². The number of aromatic nitrogens is 1. The van der Waals surface area contributed by atoms with E-state index in [1.165, 1.54) is 11.8 Å². The number of carbonyl (C=O) groups is 4. The Bertz CT molecular complexity index is 1020. The number of H-pyrrole nitrogens is 1. The van der Waals surface area contributed by atoms with E-state index < -0.39 is 41.8 Å². The van der Waals surface area contributed by atoms with E-state index in [0.717, 1.165) is 22.2 Å². The van der Waals surface area contributed by atoms with Crippen molar-refractivity contribution in [3.63, 3.8) is 0 Å². The lowest BCUT2D eigenvalue weighted by Gasteiger charge is -2.22. The number of carbonyl (C=O) groups excluding carboxylic acids is 3. The fourth-order valence-corrected chi connectivity index (χ4v) is 4.38. The van der Waals surface area contributed by atoms with Crippen LogP contribution in [0.4, 0.5) is 0 Å². The minimum absolute atomic E-state index is 0.137. The Hall–Kier alpha value is -2.70. The maximum Gasteiger partial charge on any atom is 0.326 e. The predicted octanol–water partition coefficient (Wildman–Crippen LogP) is 0.714. The van der Waals surface area contributed by atoms with Gasteiger partial charge in [0.15, 0.2) is 0 Å². The lowest BCUT2D eigenvalue weighted by molar-refractivity contribution is -0.142. The average molecular weight is 524 g/mol. The van der Waals surface area contributed by atoms with Crippen LogP contribution in [0.2, 0.25) is 0 Å². The highest BCUT2D eigenvalue weighted by Gasteiger charge is 2.27. The molecular weight excluding hydrogens is 490 g/mol. The van der Waals surface area contributed by atoms with Crippen LogP contribution < -0.4 is 21.7 Å². The van der Waals surface area contributed by atoms with E-state index >= 15 is 0 Å². The van der Waals surface area contributed by atoms with Gasteiger partial charge in [-0.2, -0.15) is 23.5 Å². The number of fused-ring (bicyclic) bond motifs is 1. The van der Waals surface area contributed by atoms with Gasteiger partial charge >= 0.3 is 5.97 Å². The Morgan fingerprint density at radius 3 is 2.37 bits per heavy atom. The van der Waals surface area contributed by atoms with Gasteiger partial charge in [0.25, 0.3) is 0 Å². The summed E-state index contributed by atoms with van der Waals surface area (Å²) >= 11 is 3.04. The van der Waals surface area contributed by atoms with Crippen LogP contribution >= 0.6 is 23.5 Å². The highest BCUT2D eigenvalue weighted by Crippen LogP contribution is 2.19. The quantitative estimate of drug-likeness (QED) is 0.199. The zero-order valence-corrected chi connectivity index (χ0v) is 21.5. The molecule has 2 rings (SSSR count). The summed E-state index contributed by atoms with van der Waals surface area (Å²) < 4.78 is 0. The normalized spacial score (nSPS) is 13.6. The highest BCUT2D eigenvalue weighted by molar-refractivity contribution is 7.98. The van der Waals surface area contributed by atoms with Gasteiger partial charge in [-0.25, -0.2) is 4.79 Å². The molecule has 0 aliphatic heterocycles. The lowest BCUT2D eigenvalue weighted by Crippen LogP contribution is -2.54. The van der Waals surface area contributed by atoms with Gasteiger partial charge in [0.05, 0.1) is 12.6 Å². The third kappa shape index (κ3) is 9.11. The van der Waals surface area contributed by atoms with Crippen LogP contribution in [0.25, 0.3) is 10.9 Å². The number of rotatable bonds is 15. The van der Waals surface area contributed by atoms with Crippen molar-refractivity contribution in [3.05, 3.63) is 36.0 Å². The molecule has 0 aliphatic carbocycles. The van der Waals surface area contributed by atoms with Crippen molar-refractivity contribution < 1.29 is 24.3 Å². The van der Waals surface area contributed by atoms with Gasteiger partial charge in [0.2, 0.25) is 17.7 Å². The van der Waals surface area contributed by atoms with Crippen molar-refractivity contribution in [1.82, 2.24) is 20.9 Å². The van der Waals surface area contributed by atoms with Gasteiger partial charge in [-0.1, -0.05) is 18.2 Å². The second-order valence-corrected chi connectivity index (χ2v) is 9.94. The first-order valence-electron chi connectivity index (χ1n) is 11.2. The summed E-state index contributed by atoms with van der Waals surface area (Å²) in [7, 11) is 0. The number of amides is 3. The molecule has 12 heteroatoms. The molecule has 2 aromatic rings. The summed E-state index contributed by atoms with van der Waals surface area (Å²) in [5.74, 6) is -1.51. The Morgan fingerprint density at radius 2 is 1.69 bits per heavy atom. The second kappa shape index (κ2) is 14.6. The molecule has 7 N–H and O–H groups in total. The summed E-state index contributed by atoms with van der Waals surface area (Å²) in [5, 5.41) is 18.0. The molecule has 0 saturated heterocycles. The van der Waals surface area contributed by atoms with Gasteiger partial charge in [-0.3, -0.25) is 14.4 Å². The number of hydrogen-bond donors (Lipinski definition) is 6. The molecule has 0 spiro atoms. The maximum absolute atomic E-state index is 13.1. The van der Waals surface area contributed by atoms with Gasteiger partial charge in [-0.15, -0.1) is 0 Å².